The van der Waals surface area contributed by atoms with Gasteiger partial charge in [-0.25, -0.2) is 0 Å². The lowest BCUT2D eigenvalue weighted by Gasteiger charge is -2.40. The Morgan fingerprint density at radius 1 is 1.29 bits per heavy atom. The van der Waals surface area contributed by atoms with E-state index in [2.05, 4.69) is 31.0 Å². The zero-order chi connectivity index (χ0) is 12.3. The summed E-state index contributed by atoms with van der Waals surface area (Å²) in [5, 5.41) is 3.59. The molecular weight excluding hydrogens is 208 g/mol. The van der Waals surface area contributed by atoms with Crippen molar-refractivity contribution in [2.24, 2.45) is 11.8 Å². The number of hydrogen-bond acceptors (Lipinski definition) is 2. The molecule has 0 spiro atoms. The van der Waals surface area contributed by atoms with Crippen LogP contribution in [-0.4, -0.2) is 36.6 Å². The maximum absolute atomic E-state index is 3.59. The van der Waals surface area contributed by atoms with Crippen molar-refractivity contribution in [1.82, 2.24) is 10.2 Å². The fraction of sp³-hybridized carbons (Fsp3) is 1.00. The maximum atomic E-state index is 3.59. The van der Waals surface area contributed by atoms with Crippen molar-refractivity contribution >= 4 is 0 Å². The Kier molecular flexibility index (Phi) is 4.48. The van der Waals surface area contributed by atoms with Crippen LogP contribution in [0.25, 0.3) is 0 Å². The first-order chi connectivity index (χ1) is 8.05. The fourth-order valence-electron chi connectivity index (χ4n) is 3.62. The smallest absolute Gasteiger partial charge is 0.0252 e. The summed E-state index contributed by atoms with van der Waals surface area (Å²) >= 11 is 0. The van der Waals surface area contributed by atoms with E-state index in [1.54, 1.807) is 0 Å². The van der Waals surface area contributed by atoms with E-state index in [9.17, 15) is 0 Å². The van der Waals surface area contributed by atoms with E-state index >= 15 is 0 Å². The van der Waals surface area contributed by atoms with Gasteiger partial charge >= 0.3 is 0 Å². The summed E-state index contributed by atoms with van der Waals surface area (Å²) in [4.78, 5) is 2.66. The summed E-state index contributed by atoms with van der Waals surface area (Å²) < 4.78 is 0. The van der Waals surface area contributed by atoms with Crippen LogP contribution in [0.2, 0.25) is 0 Å². The van der Waals surface area contributed by atoms with Crippen LogP contribution in [0, 0.1) is 11.8 Å². The van der Waals surface area contributed by atoms with E-state index < -0.39 is 0 Å². The van der Waals surface area contributed by atoms with E-state index in [1.807, 2.05) is 0 Å². The van der Waals surface area contributed by atoms with Gasteiger partial charge in [-0.2, -0.15) is 0 Å². The lowest BCUT2D eigenvalue weighted by molar-refractivity contribution is 0.138. The number of nitrogens with one attached hydrogen (secondary N) is 1. The van der Waals surface area contributed by atoms with Crippen LogP contribution < -0.4 is 5.32 Å². The van der Waals surface area contributed by atoms with Crippen LogP contribution in [0.3, 0.4) is 0 Å². The molecule has 1 saturated carbocycles. The van der Waals surface area contributed by atoms with Gasteiger partial charge in [-0.1, -0.05) is 26.2 Å². The van der Waals surface area contributed by atoms with Gasteiger partial charge in [0.2, 0.25) is 0 Å². The molecule has 1 heterocycles. The minimum atomic E-state index is 0.318. The lowest BCUT2D eigenvalue weighted by Crippen LogP contribution is -2.57. The second kappa shape index (κ2) is 5.71. The average molecular weight is 238 g/mol. The molecule has 0 radical (unpaired) electrons. The molecule has 2 unspecified atom stereocenters. The van der Waals surface area contributed by atoms with Crippen LogP contribution in [0.15, 0.2) is 0 Å². The maximum Gasteiger partial charge on any atom is 0.0252 e. The van der Waals surface area contributed by atoms with Crippen molar-refractivity contribution in [1.29, 1.82) is 0 Å². The predicted octanol–water partition coefficient (Wildman–Crippen LogP) is 2.89. The first-order valence-electron chi connectivity index (χ1n) is 7.52. The van der Waals surface area contributed by atoms with Gasteiger partial charge in [-0.05, 0) is 45.1 Å². The minimum absolute atomic E-state index is 0.318. The highest BCUT2D eigenvalue weighted by atomic mass is 15.2. The Hall–Kier alpha value is -0.0800. The van der Waals surface area contributed by atoms with Crippen LogP contribution in [-0.2, 0) is 0 Å². The highest BCUT2D eigenvalue weighted by molar-refractivity contribution is 4.87. The number of nitrogens with zero attached hydrogens (tertiary/aromatic N) is 1. The highest BCUT2D eigenvalue weighted by Gasteiger charge is 2.26. The van der Waals surface area contributed by atoms with E-state index in [4.69, 9.17) is 0 Å². The first-order valence-corrected chi connectivity index (χ1v) is 7.52. The molecule has 1 aliphatic carbocycles. The normalized spacial score (nSPS) is 34.8. The molecule has 1 N–H and O–H groups in total. The molecule has 2 nitrogen and oxygen atoms in total. The third-order valence-corrected chi connectivity index (χ3v) is 4.55. The average Bonchev–Trinajstić information content (AvgIpc) is 2.25. The third-order valence-electron chi connectivity index (χ3n) is 4.55. The van der Waals surface area contributed by atoms with Gasteiger partial charge in [0.15, 0.2) is 0 Å². The molecule has 2 atom stereocenters. The van der Waals surface area contributed by atoms with Gasteiger partial charge in [0, 0.05) is 25.2 Å². The van der Waals surface area contributed by atoms with Crippen LogP contribution in [0.5, 0.6) is 0 Å². The third kappa shape index (κ3) is 4.26. The van der Waals surface area contributed by atoms with Crippen molar-refractivity contribution in [3.05, 3.63) is 0 Å². The Morgan fingerprint density at radius 2 is 2.12 bits per heavy atom. The monoisotopic (exact) mass is 238 g/mol. The summed E-state index contributed by atoms with van der Waals surface area (Å²) in [6.07, 6.45) is 7.34. The molecule has 2 heteroatoms. The molecule has 2 fully saturated rings. The molecule has 2 aliphatic rings. The van der Waals surface area contributed by atoms with Gasteiger partial charge in [0.1, 0.15) is 0 Å². The second-order valence-corrected chi connectivity index (χ2v) is 7.01. The molecule has 1 saturated heterocycles. The number of hydrogen-bond donors (Lipinski definition) is 1. The highest BCUT2D eigenvalue weighted by Crippen LogP contribution is 2.30. The fourth-order valence-corrected chi connectivity index (χ4v) is 3.62. The van der Waals surface area contributed by atoms with Gasteiger partial charge in [0.05, 0.1) is 0 Å². The second-order valence-electron chi connectivity index (χ2n) is 7.01. The molecule has 1 aliphatic heterocycles. The number of piperazine rings is 1. The van der Waals surface area contributed by atoms with E-state index in [-0.39, 0.29) is 0 Å². The van der Waals surface area contributed by atoms with Gasteiger partial charge in [0.25, 0.3) is 0 Å². The van der Waals surface area contributed by atoms with Crippen LogP contribution in [0.1, 0.15) is 52.9 Å². The molecule has 0 aromatic carbocycles. The molecule has 0 amide bonds. The van der Waals surface area contributed by atoms with Crippen LogP contribution in [0.4, 0.5) is 0 Å². The minimum Gasteiger partial charge on any atom is -0.309 e. The molecule has 17 heavy (non-hydrogen) atoms. The largest absolute Gasteiger partial charge is 0.309 e. The van der Waals surface area contributed by atoms with Crippen LogP contribution >= 0.6 is 0 Å². The van der Waals surface area contributed by atoms with Crippen molar-refractivity contribution in [3.63, 3.8) is 0 Å². The van der Waals surface area contributed by atoms with Gasteiger partial charge < -0.3 is 10.2 Å². The molecule has 0 bridgehead atoms. The zero-order valence-corrected chi connectivity index (χ0v) is 12.0. The summed E-state index contributed by atoms with van der Waals surface area (Å²) in [6.45, 7) is 12.0. The Balaban J connectivity index is 1.70. The zero-order valence-electron chi connectivity index (χ0n) is 12.0. The molecule has 100 valence electrons. The topological polar surface area (TPSA) is 15.3 Å². The standard InChI is InChI=1S/C15H30N2/c1-13-5-4-6-14(11-13)7-9-17-10-8-16-15(2,3)12-17/h13-14,16H,4-12H2,1-3H3. The van der Waals surface area contributed by atoms with Crippen molar-refractivity contribution in [3.8, 4) is 0 Å². The van der Waals surface area contributed by atoms with E-state index in [0.29, 0.717) is 5.54 Å². The summed E-state index contributed by atoms with van der Waals surface area (Å²) in [5.74, 6) is 1.99. The van der Waals surface area contributed by atoms with E-state index in [1.165, 1.54) is 51.7 Å². The quantitative estimate of drug-likeness (QED) is 0.813. The van der Waals surface area contributed by atoms with Crippen molar-refractivity contribution in [2.75, 3.05) is 26.2 Å². The summed E-state index contributed by atoms with van der Waals surface area (Å²) in [7, 11) is 0. The lowest BCUT2D eigenvalue weighted by atomic mass is 9.81. The predicted molar refractivity (Wildman–Crippen MR) is 74.3 cm³/mol. The molecular formula is C15H30N2. The Labute approximate surface area is 107 Å². The van der Waals surface area contributed by atoms with Crippen molar-refractivity contribution < 1.29 is 0 Å². The van der Waals surface area contributed by atoms with Gasteiger partial charge in [-0.15, -0.1) is 0 Å². The Bertz CT molecular complexity index is 237. The number of rotatable bonds is 3. The molecule has 0 aromatic heterocycles. The molecule has 2 rings (SSSR count). The van der Waals surface area contributed by atoms with Gasteiger partial charge in [-0.3, -0.25) is 0 Å². The SMILES string of the molecule is CC1CCCC(CCN2CCNC(C)(C)C2)C1. The van der Waals surface area contributed by atoms with Crippen molar-refractivity contribution in [2.45, 2.75) is 58.4 Å². The summed E-state index contributed by atoms with van der Waals surface area (Å²) in [6, 6.07) is 0. The summed E-state index contributed by atoms with van der Waals surface area (Å²) in [5.41, 5.74) is 0.318. The first kappa shape index (κ1) is 13.4. The molecule has 0 aromatic rings. The Morgan fingerprint density at radius 3 is 2.82 bits per heavy atom. The van der Waals surface area contributed by atoms with E-state index in [0.717, 1.165) is 18.4 Å².